The van der Waals surface area contributed by atoms with Crippen molar-refractivity contribution in [3.8, 4) is 0 Å². The number of benzene rings is 2. The molecule has 0 fully saturated rings. The van der Waals surface area contributed by atoms with Crippen LogP contribution in [-0.4, -0.2) is 15.0 Å². The molecule has 0 aliphatic heterocycles. The van der Waals surface area contributed by atoms with Gasteiger partial charge in [0.1, 0.15) is 0 Å². The molecule has 0 spiro atoms. The molecule has 0 atom stereocenters. The largest absolute Gasteiger partial charge is 0.253 e. The first kappa shape index (κ1) is 26.9. The van der Waals surface area contributed by atoms with Gasteiger partial charge in [0.25, 0.3) is 0 Å². The Balaban J connectivity index is 0.000000369. The minimum absolute atomic E-state index is 1.10. The fraction of sp³-hybridized carbons (Fsp3) is 0.261. The van der Waals surface area contributed by atoms with E-state index < -0.39 is 0 Å². The van der Waals surface area contributed by atoms with Crippen LogP contribution in [0, 0.1) is 0 Å². The second-order valence-electron chi connectivity index (χ2n) is 4.32. The quantitative estimate of drug-likeness (QED) is 0.239. The minimum atomic E-state index is 1.10. The number of hydrogen-bond acceptors (Lipinski definition) is 6. The maximum Gasteiger partial charge on any atom is 0.0812 e. The van der Waals surface area contributed by atoms with E-state index >= 15 is 0 Å². The Bertz CT molecular complexity index is 800. The third-order valence-corrected chi connectivity index (χ3v) is 4.96. The minimum Gasteiger partial charge on any atom is -0.253 e. The van der Waals surface area contributed by atoms with Gasteiger partial charge in [-0.05, 0) is 24.3 Å². The zero-order valence-corrected chi connectivity index (χ0v) is 20.5. The molecule has 0 bridgehead atoms. The van der Waals surface area contributed by atoms with Gasteiger partial charge in [-0.2, -0.15) is 0 Å². The van der Waals surface area contributed by atoms with Gasteiger partial charge in [0, 0.05) is 11.6 Å². The summed E-state index contributed by atoms with van der Waals surface area (Å²) in [6.45, 7) is 12.0. The SMILES string of the molecule is CC.CC.CC.c1ccc2scnc2c1.c1ccc2scnc2c1.c1cscn1. The van der Waals surface area contributed by atoms with E-state index in [-0.39, 0.29) is 0 Å². The van der Waals surface area contributed by atoms with Crippen molar-refractivity contribution in [3.05, 3.63) is 76.6 Å². The molecule has 6 heteroatoms. The summed E-state index contributed by atoms with van der Waals surface area (Å²) in [4.78, 5) is 12.0. The van der Waals surface area contributed by atoms with Crippen molar-refractivity contribution in [2.75, 3.05) is 0 Å². The zero-order valence-electron chi connectivity index (χ0n) is 18.1. The Morgan fingerprint density at radius 3 is 1.34 bits per heavy atom. The molecule has 0 aliphatic rings. The number of rotatable bonds is 0. The summed E-state index contributed by atoms with van der Waals surface area (Å²) in [5, 5.41) is 1.93. The lowest BCUT2D eigenvalue weighted by atomic mass is 10.3. The summed E-state index contributed by atoms with van der Waals surface area (Å²) in [5.41, 5.74) is 7.72. The lowest BCUT2D eigenvalue weighted by molar-refractivity contribution is 1.43. The normalized spacial score (nSPS) is 8.34. The first-order valence-electron chi connectivity index (χ1n) is 9.82. The molecule has 0 radical (unpaired) electrons. The van der Waals surface area contributed by atoms with Crippen molar-refractivity contribution in [1.29, 1.82) is 0 Å². The van der Waals surface area contributed by atoms with Gasteiger partial charge < -0.3 is 0 Å². The Hall–Kier alpha value is -2.15. The van der Waals surface area contributed by atoms with E-state index in [4.69, 9.17) is 0 Å². The molecule has 0 N–H and O–H groups in total. The molecule has 2 aromatic carbocycles. The molecule has 3 nitrogen and oxygen atoms in total. The highest BCUT2D eigenvalue weighted by Crippen LogP contribution is 2.16. The van der Waals surface area contributed by atoms with Gasteiger partial charge in [-0.25, -0.2) is 9.97 Å². The van der Waals surface area contributed by atoms with Gasteiger partial charge in [0.15, 0.2) is 0 Å². The van der Waals surface area contributed by atoms with Crippen LogP contribution in [0.4, 0.5) is 0 Å². The van der Waals surface area contributed by atoms with Gasteiger partial charge in [0.2, 0.25) is 0 Å². The average Bonchev–Trinajstić information content (AvgIpc) is 3.61. The third-order valence-electron chi connectivity index (χ3n) is 2.82. The summed E-state index contributed by atoms with van der Waals surface area (Å²) in [6, 6.07) is 16.3. The van der Waals surface area contributed by atoms with Gasteiger partial charge in [-0.1, -0.05) is 65.8 Å². The molecule has 3 aromatic heterocycles. The molecule has 0 aliphatic carbocycles. The second kappa shape index (κ2) is 19.2. The number of para-hydroxylation sites is 2. The van der Waals surface area contributed by atoms with Gasteiger partial charge in [-0.15, -0.1) is 34.0 Å². The molecule has 0 unspecified atom stereocenters. The Labute approximate surface area is 187 Å². The van der Waals surface area contributed by atoms with Crippen LogP contribution < -0.4 is 0 Å². The summed E-state index contributed by atoms with van der Waals surface area (Å²) >= 11 is 4.95. The van der Waals surface area contributed by atoms with Crippen LogP contribution in [0.3, 0.4) is 0 Å². The lowest BCUT2D eigenvalue weighted by Gasteiger charge is -1.80. The fourth-order valence-corrected chi connectivity index (χ4v) is 3.49. The number of hydrogen-bond donors (Lipinski definition) is 0. The smallest absolute Gasteiger partial charge is 0.0812 e. The van der Waals surface area contributed by atoms with Crippen molar-refractivity contribution in [2.45, 2.75) is 41.5 Å². The molecular formula is C23H31N3S3. The van der Waals surface area contributed by atoms with E-state index in [1.54, 1.807) is 45.7 Å². The number of thiazole rings is 3. The Kier molecular flexibility index (Phi) is 17.8. The summed E-state index contributed by atoms with van der Waals surface area (Å²) < 4.78 is 2.52. The zero-order chi connectivity index (χ0) is 21.7. The van der Waals surface area contributed by atoms with Gasteiger partial charge >= 0.3 is 0 Å². The first-order valence-corrected chi connectivity index (χ1v) is 12.5. The first-order chi connectivity index (χ1) is 14.4. The maximum absolute atomic E-state index is 4.14. The lowest BCUT2D eigenvalue weighted by Crippen LogP contribution is -1.61. The molecule has 5 rings (SSSR count). The molecule has 0 amide bonds. The van der Waals surface area contributed by atoms with Crippen molar-refractivity contribution >= 4 is 54.4 Å². The van der Waals surface area contributed by atoms with Gasteiger partial charge in [0.05, 0.1) is 37.0 Å². The van der Waals surface area contributed by atoms with Crippen molar-refractivity contribution in [2.24, 2.45) is 0 Å². The van der Waals surface area contributed by atoms with Crippen LogP contribution in [-0.2, 0) is 0 Å². The average molecular weight is 446 g/mol. The van der Waals surface area contributed by atoms with Crippen molar-refractivity contribution < 1.29 is 0 Å². The molecule has 3 heterocycles. The number of nitrogens with zero attached hydrogens (tertiary/aromatic N) is 3. The van der Waals surface area contributed by atoms with Crippen molar-refractivity contribution in [3.63, 3.8) is 0 Å². The van der Waals surface area contributed by atoms with Crippen LogP contribution >= 0.6 is 34.0 Å². The Morgan fingerprint density at radius 2 is 1.03 bits per heavy atom. The van der Waals surface area contributed by atoms with E-state index in [1.165, 1.54) is 9.40 Å². The van der Waals surface area contributed by atoms with Crippen molar-refractivity contribution in [1.82, 2.24) is 15.0 Å². The fourth-order valence-electron chi connectivity index (χ4n) is 1.78. The summed E-state index contributed by atoms with van der Waals surface area (Å²) in [5.74, 6) is 0. The molecule has 0 saturated heterocycles. The molecule has 29 heavy (non-hydrogen) atoms. The molecular weight excluding hydrogens is 414 g/mol. The van der Waals surface area contributed by atoms with Crippen LogP contribution in [0.2, 0.25) is 0 Å². The highest BCUT2D eigenvalue weighted by atomic mass is 32.1. The molecule has 5 aromatic rings. The highest BCUT2D eigenvalue weighted by Gasteiger charge is 1.90. The monoisotopic (exact) mass is 445 g/mol. The van der Waals surface area contributed by atoms with Crippen LogP contribution in [0.5, 0.6) is 0 Å². The number of fused-ring (bicyclic) bond motifs is 2. The summed E-state index contributed by atoms with van der Waals surface area (Å²) in [7, 11) is 0. The summed E-state index contributed by atoms with van der Waals surface area (Å²) in [6.07, 6.45) is 1.77. The van der Waals surface area contributed by atoms with Crippen LogP contribution in [0.15, 0.2) is 76.6 Å². The maximum atomic E-state index is 4.14. The molecule has 0 saturated carbocycles. The predicted molar refractivity (Wildman–Crippen MR) is 135 cm³/mol. The Morgan fingerprint density at radius 1 is 0.586 bits per heavy atom. The standard InChI is InChI=1S/2C7H5NS.C3H3NS.3C2H6/c2*1-2-4-7-6(3-1)8-5-9-7;1-2-5-3-4-1;3*1-2/h2*1-5H;1-3H;3*1-2H3. The van der Waals surface area contributed by atoms with Gasteiger partial charge in [-0.3, -0.25) is 4.98 Å². The number of aromatic nitrogens is 3. The second-order valence-corrected chi connectivity index (χ2v) is 6.84. The predicted octanol–water partition coefficient (Wildman–Crippen LogP) is 8.81. The van der Waals surface area contributed by atoms with E-state index in [0.29, 0.717) is 0 Å². The van der Waals surface area contributed by atoms with Crippen LogP contribution in [0.25, 0.3) is 20.4 Å². The van der Waals surface area contributed by atoms with Crippen LogP contribution in [0.1, 0.15) is 41.5 Å². The van der Waals surface area contributed by atoms with E-state index in [0.717, 1.165) is 11.0 Å². The highest BCUT2D eigenvalue weighted by molar-refractivity contribution is 7.17. The molecule has 156 valence electrons. The topological polar surface area (TPSA) is 38.7 Å². The van der Waals surface area contributed by atoms with E-state index in [9.17, 15) is 0 Å². The third kappa shape index (κ3) is 10.8. The van der Waals surface area contributed by atoms with E-state index in [2.05, 4.69) is 27.1 Å². The van der Waals surface area contributed by atoms with E-state index in [1.807, 2.05) is 94.3 Å².